The zero-order valence-corrected chi connectivity index (χ0v) is 19.4. The van der Waals surface area contributed by atoms with Crippen molar-refractivity contribution < 1.29 is 4.74 Å². The maximum atomic E-state index is 5.80. The van der Waals surface area contributed by atoms with Crippen molar-refractivity contribution >= 4 is 11.9 Å². The number of ether oxygens (including phenoxy) is 1. The summed E-state index contributed by atoms with van der Waals surface area (Å²) >= 11 is 0. The topological polar surface area (TPSA) is 66.9 Å². The van der Waals surface area contributed by atoms with Crippen LogP contribution in [0.2, 0.25) is 0 Å². The lowest BCUT2D eigenvalue weighted by atomic mass is 9.96. The Morgan fingerprint density at radius 2 is 1.94 bits per heavy atom. The molecule has 2 aromatic heterocycles. The second-order valence-electron chi connectivity index (χ2n) is 9.00. The summed E-state index contributed by atoms with van der Waals surface area (Å²) in [5.74, 6) is 3.55. The van der Waals surface area contributed by atoms with Gasteiger partial charge in [-0.15, -0.1) is 0 Å². The van der Waals surface area contributed by atoms with Crippen LogP contribution in [0.5, 0.6) is 5.75 Å². The standard InChI is InChI=1S/C26H31N5O/c1-5-32-23-14-20(7-6-17(23)3)24-18(4)29-25(30-24)19-8-10-31(11-9-19)26-21-12-16(2)13-22(21)27-15-28-26/h6-7,12,14-15,19H,5,8-11,13H2,1-4H3,(H,29,30). The first-order valence-corrected chi connectivity index (χ1v) is 11.6. The lowest BCUT2D eigenvalue weighted by molar-refractivity contribution is 0.338. The minimum atomic E-state index is 0.433. The molecule has 5 rings (SSSR count). The summed E-state index contributed by atoms with van der Waals surface area (Å²) in [6.45, 7) is 11.0. The Bertz CT molecular complexity index is 1170. The van der Waals surface area contributed by atoms with Crippen LogP contribution in [0.25, 0.3) is 17.3 Å². The number of hydrogen-bond donors (Lipinski definition) is 1. The third-order valence-electron chi connectivity index (χ3n) is 6.63. The number of nitrogens with one attached hydrogen (secondary N) is 1. The Labute approximate surface area is 189 Å². The summed E-state index contributed by atoms with van der Waals surface area (Å²) in [5, 5.41) is 0. The summed E-state index contributed by atoms with van der Waals surface area (Å²) in [5.41, 5.74) is 8.13. The maximum Gasteiger partial charge on any atom is 0.139 e. The van der Waals surface area contributed by atoms with Crippen LogP contribution >= 0.6 is 0 Å². The van der Waals surface area contributed by atoms with E-state index in [-0.39, 0.29) is 0 Å². The van der Waals surface area contributed by atoms with Crippen molar-refractivity contribution in [1.29, 1.82) is 0 Å². The average molecular weight is 430 g/mol. The van der Waals surface area contributed by atoms with Crippen molar-refractivity contribution in [2.75, 3.05) is 24.6 Å². The molecule has 3 aromatic rings. The lowest BCUT2D eigenvalue weighted by Crippen LogP contribution is -2.34. The van der Waals surface area contributed by atoms with E-state index in [4.69, 9.17) is 9.72 Å². The van der Waals surface area contributed by atoms with Gasteiger partial charge in [-0.05, 0) is 52.2 Å². The van der Waals surface area contributed by atoms with Crippen molar-refractivity contribution in [3.05, 3.63) is 58.4 Å². The van der Waals surface area contributed by atoms with Crippen molar-refractivity contribution in [3.63, 3.8) is 0 Å². The van der Waals surface area contributed by atoms with E-state index in [1.54, 1.807) is 6.33 Å². The molecule has 1 saturated heterocycles. The number of anilines is 1. The Morgan fingerprint density at radius 1 is 1.12 bits per heavy atom. The zero-order valence-electron chi connectivity index (χ0n) is 19.4. The van der Waals surface area contributed by atoms with Crippen molar-refractivity contribution in [1.82, 2.24) is 19.9 Å². The summed E-state index contributed by atoms with van der Waals surface area (Å²) < 4.78 is 5.80. The van der Waals surface area contributed by atoms with Gasteiger partial charge in [-0.3, -0.25) is 0 Å². The van der Waals surface area contributed by atoms with Gasteiger partial charge in [-0.1, -0.05) is 23.8 Å². The smallest absolute Gasteiger partial charge is 0.139 e. The van der Waals surface area contributed by atoms with Crippen LogP contribution in [-0.2, 0) is 6.42 Å². The highest BCUT2D eigenvalue weighted by Gasteiger charge is 2.27. The van der Waals surface area contributed by atoms with Crippen LogP contribution in [0.15, 0.2) is 30.1 Å². The van der Waals surface area contributed by atoms with Gasteiger partial charge in [0.1, 0.15) is 23.7 Å². The van der Waals surface area contributed by atoms with Gasteiger partial charge in [0.05, 0.1) is 18.0 Å². The molecule has 0 unspecified atom stereocenters. The molecule has 1 fully saturated rings. The molecule has 1 aliphatic carbocycles. The van der Waals surface area contributed by atoms with Crippen LogP contribution < -0.4 is 9.64 Å². The number of H-pyrrole nitrogens is 1. The monoisotopic (exact) mass is 429 g/mol. The molecule has 6 heteroatoms. The predicted molar refractivity (Wildman–Crippen MR) is 128 cm³/mol. The average Bonchev–Trinajstić information content (AvgIpc) is 3.37. The number of allylic oxidation sites excluding steroid dienone is 1. The first-order valence-electron chi connectivity index (χ1n) is 11.6. The van der Waals surface area contributed by atoms with E-state index in [0.717, 1.165) is 78.0 Å². The minimum Gasteiger partial charge on any atom is -0.494 e. The summed E-state index contributed by atoms with van der Waals surface area (Å²) in [6, 6.07) is 6.36. The van der Waals surface area contributed by atoms with Crippen LogP contribution in [0, 0.1) is 13.8 Å². The molecule has 0 bridgehead atoms. The Morgan fingerprint density at radius 3 is 2.72 bits per heavy atom. The molecule has 32 heavy (non-hydrogen) atoms. The molecule has 1 aromatic carbocycles. The van der Waals surface area contributed by atoms with Gasteiger partial charge in [-0.25, -0.2) is 15.0 Å². The normalized spacial score (nSPS) is 16.2. The molecule has 1 N–H and O–H groups in total. The molecule has 1 aliphatic heterocycles. The van der Waals surface area contributed by atoms with Gasteiger partial charge < -0.3 is 14.6 Å². The Kier molecular flexibility index (Phi) is 5.45. The summed E-state index contributed by atoms with van der Waals surface area (Å²) in [4.78, 5) is 20.1. The molecule has 166 valence electrons. The molecule has 3 heterocycles. The number of hydrogen-bond acceptors (Lipinski definition) is 5. The van der Waals surface area contributed by atoms with Crippen LogP contribution in [0.3, 0.4) is 0 Å². The molecule has 6 nitrogen and oxygen atoms in total. The Hall–Kier alpha value is -3.15. The van der Waals surface area contributed by atoms with Crippen molar-refractivity contribution in [2.45, 2.75) is 52.9 Å². The van der Waals surface area contributed by atoms with E-state index in [9.17, 15) is 0 Å². The molecule has 2 aliphatic rings. The highest BCUT2D eigenvalue weighted by Crippen LogP contribution is 2.35. The number of benzene rings is 1. The molecular formula is C26H31N5O. The van der Waals surface area contributed by atoms with Gasteiger partial charge >= 0.3 is 0 Å². The molecule has 0 atom stereocenters. The fourth-order valence-corrected chi connectivity index (χ4v) is 4.90. The van der Waals surface area contributed by atoms with E-state index in [1.165, 1.54) is 11.1 Å². The van der Waals surface area contributed by atoms with Crippen molar-refractivity contribution in [2.24, 2.45) is 0 Å². The number of piperidine rings is 1. The first kappa shape index (κ1) is 20.7. The SMILES string of the molecule is CCOc1cc(-c2nc(C3CCN(c4ncnc5c4C=C(C)C5)CC3)[nH]c2C)ccc1C. The molecular weight excluding hydrogens is 398 g/mol. The third-order valence-corrected chi connectivity index (χ3v) is 6.63. The van der Waals surface area contributed by atoms with Crippen molar-refractivity contribution in [3.8, 4) is 17.0 Å². The Balaban J connectivity index is 1.33. The summed E-state index contributed by atoms with van der Waals surface area (Å²) in [7, 11) is 0. The number of imidazole rings is 1. The van der Waals surface area contributed by atoms with Gasteiger partial charge in [0.25, 0.3) is 0 Å². The van der Waals surface area contributed by atoms with Crippen LogP contribution in [0.4, 0.5) is 5.82 Å². The largest absolute Gasteiger partial charge is 0.494 e. The maximum absolute atomic E-state index is 5.80. The van der Waals surface area contributed by atoms with E-state index < -0.39 is 0 Å². The minimum absolute atomic E-state index is 0.433. The highest BCUT2D eigenvalue weighted by atomic mass is 16.5. The van der Waals surface area contributed by atoms with E-state index >= 15 is 0 Å². The quantitative estimate of drug-likeness (QED) is 0.602. The zero-order chi connectivity index (χ0) is 22.2. The second-order valence-corrected chi connectivity index (χ2v) is 9.00. The van der Waals surface area contributed by atoms with Gasteiger partial charge in [-0.2, -0.15) is 0 Å². The van der Waals surface area contributed by atoms with Gasteiger partial charge in [0.15, 0.2) is 0 Å². The number of rotatable bonds is 5. The van der Waals surface area contributed by atoms with E-state index in [1.807, 2.05) is 6.92 Å². The number of aromatic nitrogens is 4. The van der Waals surface area contributed by atoms with E-state index in [0.29, 0.717) is 12.5 Å². The number of fused-ring (bicyclic) bond motifs is 1. The number of nitrogens with zero attached hydrogens (tertiary/aromatic N) is 4. The number of aryl methyl sites for hydroxylation is 2. The van der Waals surface area contributed by atoms with Gasteiger partial charge in [0.2, 0.25) is 0 Å². The van der Waals surface area contributed by atoms with Crippen LogP contribution in [0.1, 0.15) is 60.9 Å². The molecule has 0 saturated carbocycles. The molecule has 0 spiro atoms. The van der Waals surface area contributed by atoms with Gasteiger partial charge in [0, 0.05) is 42.2 Å². The fourth-order valence-electron chi connectivity index (χ4n) is 4.90. The summed E-state index contributed by atoms with van der Waals surface area (Å²) in [6.07, 6.45) is 7.03. The highest BCUT2D eigenvalue weighted by molar-refractivity contribution is 5.72. The lowest BCUT2D eigenvalue weighted by Gasteiger charge is -2.32. The van der Waals surface area contributed by atoms with Crippen LogP contribution in [-0.4, -0.2) is 39.6 Å². The third kappa shape index (κ3) is 3.78. The van der Waals surface area contributed by atoms with E-state index in [2.05, 4.69) is 64.9 Å². The predicted octanol–water partition coefficient (Wildman–Crippen LogP) is 5.23. The molecule has 0 radical (unpaired) electrons. The second kappa shape index (κ2) is 8.41. The molecule has 0 amide bonds. The number of aromatic amines is 1. The first-order chi connectivity index (χ1) is 15.5. The fraction of sp³-hybridized carbons (Fsp3) is 0.423.